The van der Waals surface area contributed by atoms with E-state index in [1.54, 1.807) is 24.3 Å². The Kier molecular flexibility index (Phi) is 6.91. The molecule has 0 radical (unpaired) electrons. The number of carboxylic acid groups (broad SMARTS) is 1. The zero-order valence-corrected chi connectivity index (χ0v) is 14.5. The molecule has 0 saturated carbocycles. The van der Waals surface area contributed by atoms with Crippen LogP contribution in [0.4, 0.5) is 0 Å². The van der Waals surface area contributed by atoms with Crippen LogP contribution in [0.1, 0.15) is 22.8 Å². The number of carbonyl (C=O) groups is 3. The van der Waals surface area contributed by atoms with Gasteiger partial charge in [-0.1, -0.05) is 42.5 Å². The minimum atomic E-state index is -0.968. The Hall–Kier alpha value is -3.15. The van der Waals surface area contributed by atoms with E-state index in [0.717, 1.165) is 5.56 Å². The Labute approximate surface area is 151 Å². The summed E-state index contributed by atoms with van der Waals surface area (Å²) in [5, 5.41) is 11.9. The molecule has 0 heterocycles. The summed E-state index contributed by atoms with van der Waals surface area (Å²) < 4.78 is 5.36. The summed E-state index contributed by atoms with van der Waals surface area (Å²) in [4.78, 5) is 34.6. The molecule has 2 rings (SSSR count). The second-order valence-electron chi connectivity index (χ2n) is 5.90. The third-order valence-electron chi connectivity index (χ3n) is 3.83. The van der Waals surface area contributed by atoms with E-state index in [2.05, 4.69) is 5.32 Å². The van der Waals surface area contributed by atoms with E-state index in [4.69, 9.17) is 4.74 Å². The molecular formula is C20H21NO5. The van der Waals surface area contributed by atoms with Gasteiger partial charge in [0, 0.05) is 12.1 Å². The maximum absolute atomic E-state index is 11.9. The highest BCUT2D eigenvalue weighted by Crippen LogP contribution is 2.13. The van der Waals surface area contributed by atoms with Crippen LogP contribution in [-0.2, 0) is 16.0 Å². The van der Waals surface area contributed by atoms with Crippen molar-refractivity contribution in [2.45, 2.75) is 13.3 Å². The molecule has 0 aliphatic rings. The van der Waals surface area contributed by atoms with Crippen LogP contribution in [0, 0.1) is 5.92 Å². The molecule has 0 aliphatic carbocycles. The van der Waals surface area contributed by atoms with E-state index in [0.29, 0.717) is 17.7 Å². The van der Waals surface area contributed by atoms with Gasteiger partial charge >= 0.3 is 5.97 Å². The van der Waals surface area contributed by atoms with Gasteiger partial charge in [0.25, 0.3) is 5.91 Å². The highest BCUT2D eigenvalue weighted by Gasteiger charge is 2.19. The van der Waals surface area contributed by atoms with Crippen molar-refractivity contribution in [3.05, 3.63) is 65.7 Å². The van der Waals surface area contributed by atoms with E-state index in [1.807, 2.05) is 30.3 Å². The maximum Gasteiger partial charge on any atom is 0.308 e. The second kappa shape index (κ2) is 9.36. The van der Waals surface area contributed by atoms with Gasteiger partial charge in [0.1, 0.15) is 5.75 Å². The van der Waals surface area contributed by atoms with Crippen molar-refractivity contribution in [3.63, 3.8) is 0 Å². The lowest BCUT2D eigenvalue weighted by atomic mass is 9.99. The number of carbonyl (C=O) groups excluding carboxylic acids is 2. The average Bonchev–Trinajstić information content (AvgIpc) is 2.64. The fourth-order valence-electron chi connectivity index (χ4n) is 2.39. The van der Waals surface area contributed by atoms with E-state index in [-0.39, 0.29) is 18.9 Å². The molecule has 0 saturated heterocycles. The summed E-state index contributed by atoms with van der Waals surface area (Å²) in [5.74, 6) is -1.79. The van der Waals surface area contributed by atoms with Crippen LogP contribution in [0.25, 0.3) is 0 Å². The Balaban J connectivity index is 1.83. The lowest BCUT2D eigenvalue weighted by Crippen LogP contribution is -2.36. The monoisotopic (exact) mass is 355 g/mol. The van der Waals surface area contributed by atoms with Crippen molar-refractivity contribution in [2.75, 3.05) is 13.2 Å². The summed E-state index contributed by atoms with van der Waals surface area (Å²) >= 11 is 0. The van der Waals surface area contributed by atoms with Gasteiger partial charge in [0.05, 0.1) is 5.92 Å². The van der Waals surface area contributed by atoms with Crippen molar-refractivity contribution in [1.82, 2.24) is 5.32 Å². The average molecular weight is 355 g/mol. The van der Waals surface area contributed by atoms with Crippen molar-refractivity contribution >= 4 is 17.7 Å². The van der Waals surface area contributed by atoms with Gasteiger partial charge in [-0.2, -0.15) is 0 Å². The Morgan fingerprint density at radius 1 is 1.08 bits per heavy atom. The summed E-state index contributed by atoms with van der Waals surface area (Å²) in [6.45, 7) is 1.21. The number of Topliss-reactive ketones (excluding diaryl/α,β-unsaturated/α-hetero) is 1. The molecule has 1 amide bonds. The van der Waals surface area contributed by atoms with E-state index in [9.17, 15) is 19.5 Å². The molecule has 136 valence electrons. The van der Waals surface area contributed by atoms with Gasteiger partial charge in [0.15, 0.2) is 12.4 Å². The number of carboxylic acids is 1. The van der Waals surface area contributed by atoms with Gasteiger partial charge < -0.3 is 15.2 Å². The minimum absolute atomic E-state index is 0.0138. The highest BCUT2D eigenvalue weighted by molar-refractivity contribution is 5.94. The number of nitrogens with one attached hydrogen (secondary N) is 1. The summed E-state index contributed by atoms with van der Waals surface area (Å²) in [7, 11) is 0. The zero-order valence-electron chi connectivity index (χ0n) is 14.5. The maximum atomic E-state index is 11.9. The Morgan fingerprint density at radius 3 is 2.46 bits per heavy atom. The predicted molar refractivity (Wildman–Crippen MR) is 96.2 cm³/mol. The fourth-order valence-corrected chi connectivity index (χ4v) is 2.39. The van der Waals surface area contributed by atoms with Crippen molar-refractivity contribution in [2.24, 2.45) is 5.92 Å². The van der Waals surface area contributed by atoms with Crippen molar-refractivity contribution < 1.29 is 24.2 Å². The zero-order chi connectivity index (χ0) is 18.9. The number of ketones is 1. The van der Waals surface area contributed by atoms with Crippen LogP contribution < -0.4 is 10.1 Å². The molecule has 0 fully saturated rings. The number of benzene rings is 2. The molecule has 0 aliphatic heterocycles. The number of ether oxygens (including phenoxy) is 1. The third-order valence-corrected chi connectivity index (χ3v) is 3.83. The van der Waals surface area contributed by atoms with Crippen LogP contribution in [0.5, 0.6) is 5.75 Å². The number of hydrogen-bond donors (Lipinski definition) is 2. The molecule has 0 spiro atoms. The van der Waals surface area contributed by atoms with Crippen LogP contribution in [0.2, 0.25) is 0 Å². The van der Waals surface area contributed by atoms with Crippen LogP contribution in [-0.4, -0.2) is 35.9 Å². The van der Waals surface area contributed by atoms with Gasteiger partial charge in [-0.25, -0.2) is 0 Å². The molecule has 26 heavy (non-hydrogen) atoms. The summed E-state index contributed by atoms with van der Waals surface area (Å²) in [6, 6.07) is 15.8. The van der Waals surface area contributed by atoms with Crippen LogP contribution in [0.3, 0.4) is 0 Å². The first kappa shape index (κ1) is 19.2. The van der Waals surface area contributed by atoms with Gasteiger partial charge in [-0.15, -0.1) is 0 Å². The van der Waals surface area contributed by atoms with Gasteiger partial charge in [0.2, 0.25) is 0 Å². The van der Waals surface area contributed by atoms with E-state index in [1.165, 1.54) is 6.92 Å². The largest absolute Gasteiger partial charge is 0.484 e. The second-order valence-corrected chi connectivity index (χ2v) is 5.90. The highest BCUT2D eigenvalue weighted by atomic mass is 16.5. The smallest absolute Gasteiger partial charge is 0.308 e. The summed E-state index contributed by atoms with van der Waals surface area (Å²) in [6.07, 6.45) is 0.331. The number of aliphatic carboxylic acids is 1. The SMILES string of the molecule is CC(=O)c1cccc(OCC(=O)NCC(Cc2ccccc2)C(=O)O)c1. The first-order chi connectivity index (χ1) is 12.5. The molecule has 2 aromatic rings. The number of amides is 1. The molecular weight excluding hydrogens is 334 g/mol. The Morgan fingerprint density at radius 2 is 1.81 bits per heavy atom. The molecule has 6 nitrogen and oxygen atoms in total. The van der Waals surface area contributed by atoms with Gasteiger partial charge in [-0.05, 0) is 31.0 Å². The van der Waals surface area contributed by atoms with Crippen LogP contribution in [0.15, 0.2) is 54.6 Å². The standard InChI is InChI=1S/C20H21NO5/c1-14(22)16-8-5-9-18(11-16)26-13-19(23)21-12-17(20(24)25)10-15-6-3-2-4-7-15/h2-9,11,17H,10,12-13H2,1H3,(H,21,23)(H,24,25). The topological polar surface area (TPSA) is 92.7 Å². The lowest BCUT2D eigenvalue weighted by molar-refractivity contribution is -0.141. The molecule has 1 atom stereocenters. The van der Waals surface area contributed by atoms with Gasteiger partial charge in [-0.3, -0.25) is 14.4 Å². The number of hydrogen-bond acceptors (Lipinski definition) is 4. The quantitative estimate of drug-likeness (QED) is 0.674. The molecule has 0 bridgehead atoms. The first-order valence-electron chi connectivity index (χ1n) is 8.23. The van der Waals surface area contributed by atoms with Crippen LogP contribution >= 0.6 is 0 Å². The fraction of sp³-hybridized carbons (Fsp3) is 0.250. The lowest BCUT2D eigenvalue weighted by Gasteiger charge is -2.14. The van der Waals surface area contributed by atoms with Crippen molar-refractivity contribution in [3.8, 4) is 5.75 Å². The summed E-state index contributed by atoms with van der Waals surface area (Å²) in [5.41, 5.74) is 1.39. The predicted octanol–water partition coefficient (Wildman–Crippen LogP) is 2.33. The molecule has 2 N–H and O–H groups in total. The molecule has 0 aromatic heterocycles. The minimum Gasteiger partial charge on any atom is -0.484 e. The van der Waals surface area contributed by atoms with E-state index < -0.39 is 17.8 Å². The number of rotatable bonds is 9. The first-order valence-corrected chi connectivity index (χ1v) is 8.23. The van der Waals surface area contributed by atoms with E-state index >= 15 is 0 Å². The molecule has 1 unspecified atom stereocenters. The van der Waals surface area contributed by atoms with Crippen molar-refractivity contribution in [1.29, 1.82) is 0 Å². The normalized spacial score (nSPS) is 11.4. The Bertz CT molecular complexity index is 773. The molecule has 2 aromatic carbocycles. The third kappa shape index (κ3) is 6.05. The molecule has 6 heteroatoms.